The molecule has 2 nitrogen and oxygen atoms in total. The molecule has 1 rings (SSSR count). The molecular formula is C11H18O2Si. The van der Waals surface area contributed by atoms with Crippen molar-refractivity contribution < 1.29 is 9.47 Å². The Kier molecular flexibility index (Phi) is 4.32. The van der Waals surface area contributed by atoms with Crippen molar-refractivity contribution in [2.24, 2.45) is 0 Å². The third-order valence-corrected chi connectivity index (χ3v) is 5.04. The molecule has 0 bridgehead atoms. The Bertz CT molecular complexity index is 259. The lowest BCUT2D eigenvalue weighted by atomic mass is 10.4. The van der Waals surface area contributed by atoms with E-state index in [2.05, 4.69) is 37.4 Å². The second kappa shape index (κ2) is 5.29. The van der Waals surface area contributed by atoms with Crippen molar-refractivity contribution in [2.45, 2.75) is 13.1 Å². The quantitative estimate of drug-likeness (QED) is 0.419. The van der Waals surface area contributed by atoms with Crippen LogP contribution in [0.2, 0.25) is 13.1 Å². The molecule has 1 aromatic carbocycles. The van der Waals surface area contributed by atoms with Gasteiger partial charge in [0.1, 0.15) is 14.9 Å². The largest absolute Gasteiger partial charge is 0.359 e. The van der Waals surface area contributed by atoms with E-state index in [9.17, 15) is 0 Å². The molecule has 0 saturated carbocycles. The van der Waals surface area contributed by atoms with E-state index in [1.807, 2.05) is 6.07 Å². The monoisotopic (exact) mass is 210 g/mol. The third kappa shape index (κ3) is 3.25. The van der Waals surface area contributed by atoms with Gasteiger partial charge < -0.3 is 9.47 Å². The molecule has 1 aromatic rings. The van der Waals surface area contributed by atoms with Crippen molar-refractivity contribution in [3.8, 4) is 0 Å². The molecule has 0 aliphatic rings. The fourth-order valence-corrected chi connectivity index (χ4v) is 3.21. The summed E-state index contributed by atoms with van der Waals surface area (Å²) in [6, 6.07) is 10.6. The minimum absolute atomic E-state index is 0.392. The smallest absolute Gasteiger partial charge is 0.145 e. The van der Waals surface area contributed by atoms with E-state index in [0.717, 1.165) is 6.23 Å². The van der Waals surface area contributed by atoms with Crippen LogP contribution in [0.4, 0.5) is 0 Å². The number of rotatable bonds is 5. The molecule has 0 amide bonds. The van der Waals surface area contributed by atoms with Gasteiger partial charge in [0.05, 0.1) is 0 Å². The zero-order chi connectivity index (χ0) is 10.4. The van der Waals surface area contributed by atoms with Crippen LogP contribution in [0, 0.1) is 0 Å². The molecule has 0 unspecified atom stereocenters. The van der Waals surface area contributed by atoms with Crippen molar-refractivity contribution in [1.82, 2.24) is 0 Å². The summed E-state index contributed by atoms with van der Waals surface area (Å²) in [7, 11) is 0.231. The molecule has 3 heteroatoms. The highest BCUT2D eigenvalue weighted by Gasteiger charge is 2.23. The average molecular weight is 210 g/mol. The number of ether oxygens (including phenoxy) is 2. The lowest BCUT2D eigenvalue weighted by Gasteiger charge is -2.22. The molecule has 0 aliphatic heterocycles. The predicted molar refractivity (Wildman–Crippen MR) is 61.4 cm³/mol. The standard InChI is InChI=1S/C11H18O2Si/c1-12-9-13-10-14(2,3)11-7-5-4-6-8-11/h4-8H,9-10H2,1-3H3. The highest BCUT2D eigenvalue weighted by Crippen LogP contribution is 2.03. The van der Waals surface area contributed by atoms with Gasteiger partial charge >= 0.3 is 0 Å². The predicted octanol–water partition coefficient (Wildman–Crippen LogP) is 1.76. The van der Waals surface area contributed by atoms with Crippen molar-refractivity contribution in [2.75, 3.05) is 20.1 Å². The van der Waals surface area contributed by atoms with Crippen LogP contribution in [0.3, 0.4) is 0 Å². The summed E-state index contributed by atoms with van der Waals surface area (Å²) in [5.74, 6) is 0. The van der Waals surface area contributed by atoms with Gasteiger partial charge in [-0.15, -0.1) is 0 Å². The molecule has 0 fully saturated rings. The molecule has 0 spiro atoms. The Hall–Kier alpha value is -0.643. The molecule has 0 atom stereocenters. The maximum Gasteiger partial charge on any atom is 0.145 e. The second-order valence-electron chi connectivity index (χ2n) is 4.00. The normalized spacial score (nSPS) is 11.6. The molecule has 78 valence electrons. The van der Waals surface area contributed by atoms with Crippen LogP contribution >= 0.6 is 0 Å². The van der Waals surface area contributed by atoms with Gasteiger partial charge in [0, 0.05) is 13.3 Å². The lowest BCUT2D eigenvalue weighted by Crippen LogP contribution is -2.46. The second-order valence-corrected chi connectivity index (χ2v) is 8.64. The highest BCUT2D eigenvalue weighted by atomic mass is 28.3. The number of hydrogen-bond donors (Lipinski definition) is 0. The number of hydrogen-bond acceptors (Lipinski definition) is 2. The molecule has 0 aromatic heterocycles. The minimum Gasteiger partial charge on any atom is -0.359 e. The Morgan fingerprint density at radius 2 is 1.79 bits per heavy atom. The Labute approximate surface area is 86.9 Å². The Balaban J connectivity index is 2.56. The Morgan fingerprint density at radius 1 is 1.14 bits per heavy atom. The summed E-state index contributed by atoms with van der Waals surface area (Å²) in [6.45, 7) is 5.00. The third-order valence-electron chi connectivity index (χ3n) is 2.22. The number of methoxy groups -OCH3 is 1. The van der Waals surface area contributed by atoms with Crippen LogP contribution in [0.1, 0.15) is 0 Å². The first-order valence-corrected chi connectivity index (χ1v) is 8.00. The maximum atomic E-state index is 5.44. The molecule has 14 heavy (non-hydrogen) atoms. The molecule has 0 aliphatic carbocycles. The topological polar surface area (TPSA) is 18.5 Å². The highest BCUT2D eigenvalue weighted by molar-refractivity contribution is 6.89. The van der Waals surface area contributed by atoms with Crippen molar-refractivity contribution >= 4 is 13.3 Å². The fraction of sp³-hybridized carbons (Fsp3) is 0.455. The summed E-state index contributed by atoms with van der Waals surface area (Å²) in [4.78, 5) is 0. The maximum absolute atomic E-state index is 5.44. The Morgan fingerprint density at radius 3 is 2.36 bits per heavy atom. The molecule has 0 N–H and O–H groups in total. The summed E-state index contributed by atoms with van der Waals surface area (Å²) in [5.41, 5.74) is 0. The van der Waals surface area contributed by atoms with E-state index in [1.165, 1.54) is 5.19 Å². The number of benzene rings is 1. The molecule has 0 heterocycles. The fourth-order valence-electron chi connectivity index (χ4n) is 1.35. The lowest BCUT2D eigenvalue weighted by molar-refractivity contribution is -0.0136. The van der Waals surface area contributed by atoms with Gasteiger partial charge in [-0.2, -0.15) is 0 Å². The van der Waals surface area contributed by atoms with Gasteiger partial charge in [0.15, 0.2) is 0 Å². The van der Waals surface area contributed by atoms with E-state index in [0.29, 0.717) is 6.79 Å². The SMILES string of the molecule is COCOC[Si](C)(C)c1ccccc1. The first kappa shape index (κ1) is 11.4. The van der Waals surface area contributed by atoms with Crippen molar-refractivity contribution in [3.05, 3.63) is 30.3 Å². The summed E-state index contributed by atoms with van der Waals surface area (Å²) < 4.78 is 10.3. The van der Waals surface area contributed by atoms with Gasteiger partial charge in [-0.25, -0.2) is 0 Å². The van der Waals surface area contributed by atoms with Gasteiger partial charge in [0.25, 0.3) is 0 Å². The first-order chi connectivity index (χ1) is 6.67. The first-order valence-electron chi connectivity index (χ1n) is 4.79. The van der Waals surface area contributed by atoms with Crippen LogP contribution < -0.4 is 5.19 Å². The molecule has 0 radical (unpaired) electrons. The van der Waals surface area contributed by atoms with Crippen LogP contribution in [0.15, 0.2) is 30.3 Å². The van der Waals surface area contributed by atoms with Gasteiger partial charge in [-0.05, 0) is 0 Å². The van der Waals surface area contributed by atoms with Gasteiger partial charge in [-0.3, -0.25) is 0 Å². The van der Waals surface area contributed by atoms with Gasteiger partial charge in [-0.1, -0.05) is 48.6 Å². The van der Waals surface area contributed by atoms with Crippen molar-refractivity contribution in [3.63, 3.8) is 0 Å². The van der Waals surface area contributed by atoms with Crippen molar-refractivity contribution in [1.29, 1.82) is 0 Å². The minimum atomic E-state index is -1.42. The molecule has 0 saturated heterocycles. The van der Waals surface area contributed by atoms with E-state index in [1.54, 1.807) is 7.11 Å². The summed E-state index contributed by atoms with van der Waals surface area (Å²) >= 11 is 0. The van der Waals surface area contributed by atoms with Crippen LogP contribution in [-0.2, 0) is 9.47 Å². The van der Waals surface area contributed by atoms with Crippen LogP contribution in [0.25, 0.3) is 0 Å². The molecular weight excluding hydrogens is 192 g/mol. The zero-order valence-corrected chi connectivity index (χ0v) is 10.1. The summed E-state index contributed by atoms with van der Waals surface area (Å²) in [5, 5.41) is 1.43. The zero-order valence-electron chi connectivity index (χ0n) is 9.12. The van der Waals surface area contributed by atoms with E-state index in [-0.39, 0.29) is 0 Å². The van der Waals surface area contributed by atoms with E-state index in [4.69, 9.17) is 9.47 Å². The van der Waals surface area contributed by atoms with E-state index < -0.39 is 8.07 Å². The van der Waals surface area contributed by atoms with E-state index >= 15 is 0 Å². The van der Waals surface area contributed by atoms with Crippen LogP contribution in [0.5, 0.6) is 0 Å². The summed E-state index contributed by atoms with van der Waals surface area (Å²) in [6.07, 6.45) is 0.810. The average Bonchev–Trinajstić information content (AvgIpc) is 2.19. The van der Waals surface area contributed by atoms with Crippen LogP contribution in [-0.4, -0.2) is 28.2 Å². The van der Waals surface area contributed by atoms with Gasteiger partial charge in [0.2, 0.25) is 0 Å².